The molecule has 108 valence electrons. The van der Waals surface area contributed by atoms with Gasteiger partial charge in [-0.15, -0.1) is 11.3 Å². The van der Waals surface area contributed by atoms with Crippen molar-refractivity contribution in [1.82, 2.24) is 9.55 Å². The van der Waals surface area contributed by atoms with Crippen LogP contribution in [0.2, 0.25) is 0 Å². The molecule has 3 nitrogen and oxygen atoms in total. The molecule has 0 amide bonds. The van der Waals surface area contributed by atoms with Gasteiger partial charge in [-0.1, -0.05) is 19.3 Å². The number of thiophene rings is 1. The molecule has 1 aliphatic rings. The van der Waals surface area contributed by atoms with E-state index in [1.54, 1.807) is 0 Å². The first-order valence-electron chi connectivity index (χ1n) is 7.56. The molecule has 2 heterocycles. The lowest BCUT2D eigenvalue weighted by Crippen LogP contribution is -2.15. The van der Waals surface area contributed by atoms with Crippen molar-refractivity contribution in [2.45, 2.75) is 58.5 Å². The molecule has 0 spiro atoms. The zero-order valence-corrected chi connectivity index (χ0v) is 13.2. The Hall–Kier alpha value is -1.29. The van der Waals surface area contributed by atoms with Crippen LogP contribution in [-0.2, 0) is 6.54 Å². The Balaban J connectivity index is 1.74. The van der Waals surface area contributed by atoms with Gasteiger partial charge in [-0.25, -0.2) is 4.98 Å². The number of rotatable bonds is 4. The maximum absolute atomic E-state index is 4.67. The Labute approximate surface area is 125 Å². The fraction of sp³-hybridized carbons (Fsp3) is 0.562. The van der Waals surface area contributed by atoms with E-state index in [1.165, 1.54) is 42.5 Å². The first-order valence-corrected chi connectivity index (χ1v) is 8.44. The third-order valence-electron chi connectivity index (χ3n) is 4.20. The SMILES string of the molecule is Cc1cn(C2CCCCC2)c(NCc2sccc2C)n1. The number of aromatic nitrogens is 2. The summed E-state index contributed by atoms with van der Waals surface area (Å²) in [7, 11) is 0. The van der Waals surface area contributed by atoms with Crippen LogP contribution in [0.4, 0.5) is 5.95 Å². The van der Waals surface area contributed by atoms with Crippen LogP contribution >= 0.6 is 11.3 Å². The van der Waals surface area contributed by atoms with E-state index in [-0.39, 0.29) is 0 Å². The van der Waals surface area contributed by atoms with E-state index in [9.17, 15) is 0 Å². The first-order chi connectivity index (χ1) is 9.74. The topological polar surface area (TPSA) is 29.9 Å². The number of nitrogens with zero attached hydrogens (tertiary/aromatic N) is 2. The van der Waals surface area contributed by atoms with Crippen molar-refractivity contribution in [3.8, 4) is 0 Å². The second kappa shape index (κ2) is 6.00. The van der Waals surface area contributed by atoms with Crippen LogP contribution < -0.4 is 5.32 Å². The van der Waals surface area contributed by atoms with Crippen molar-refractivity contribution in [3.63, 3.8) is 0 Å². The molecule has 1 aliphatic carbocycles. The van der Waals surface area contributed by atoms with Crippen molar-refractivity contribution in [1.29, 1.82) is 0 Å². The predicted octanol–water partition coefficient (Wildman–Crippen LogP) is 4.68. The number of hydrogen-bond donors (Lipinski definition) is 1. The van der Waals surface area contributed by atoms with Crippen LogP contribution in [0.5, 0.6) is 0 Å². The van der Waals surface area contributed by atoms with Crippen LogP contribution in [0.3, 0.4) is 0 Å². The molecule has 0 bridgehead atoms. The van der Waals surface area contributed by atoms with Crippen LogP contribution in [0.15, 0.2) is 17.6 Å². The van der Waals surface area contributed by atoms with Crippen molar-refractivity contribution in [3.05, 3.63) is 33.8 Å². The molecule has 2 aromatic heterocycles. The van der Waals surface area contributed by atoms with E-state index in [0.29, 0.717) is 6.04 Å². The average Bonchev–Trinajstić information content (AvgIpc) is 3.03. The molecule has 3 rings (SSSR count). The van der Waals surface area contributed by atoms with E-state index in [2.05, 4.69) is 46.4 Å². The molecule has 1 fully saturated rings. The van der Waals surface area contributed by atoms with Gasteiger partial charge in [-0.2, -0.15) is 0 Å². The molecule has 0 saturated heterocycles. The third kappa shape index (κ3) is 2.90. The Morgan fingerprint density at radius 3 is 2.80 bits per heavy atom. The van der Waals surface area contributed by atoms with Gasteiger partial charge in [0.2, 0.25) is 5.95 Å². The molecule has 1 saturated carbocycles. The minimum Gasteiger partial charge on any atom is -0.351 e. The molecule has 0 unspecified atom stereocenters. The quantitative estimate of drug-likeness (QED) is 0.885. The normalized spacial score (nSPS) is 16.5. The van der Waals surface area contributed by atoms with Gasteiger partial charge in [-0.3, -0.25) is 0 Å². The lowest BCUT2D eigenvalue weighted by molar-refractivity contribution is 0.355. The summed E-state index contributed by atoms with van der Waals surface area (Å²) in [5.74, 6) is 1.04. The van der Waals surface area contributed by atoms with Crippen molar-refractivity contribution < 1.29 is 0 Å². The summed E-state index contributed by atoms with van der Waals surface area (Å²) in [4.78, 5) is 6.07. The van der Waals surface area contributed by atoms with E-state index in [1.807, 2.05) is 11.3 Å². The molecule has 0 radical (unpaired) electrons. The van der Waals surface area contributed by atoms with E-state index >= 15 is 0 Å². The highest BCUT2D eigenvalue weighted by molar-refractivity contribution is 7.10. The Morgan fingerprint density at radius 1 is 1.30 bits per heavy atom. The number of aryl methyl sites for hydroxylation is 2. The highest BCUT2D eigenvalue weighted by Gasteiger charge is 2.18. The average molecular weight is 289 g/mol. The smallest absolute Gasteiger partial charge is 0.203 e. The second-order valence-electron chi connectivity index (χ2n) is 5.79. The minimum absolute atomic E-state index is 0.636. The summed E-state index contributed by atoms with van der Waals surface area (Å²) in [6, 6.07) is 2.82. The van der Waals surface area contributed by atoms with Crippen molar-refractivity contribution >= 4 is 17.3 Å². The summed E-state index contributed by atoms with van der Waals surface area (Å²) in [6.07, 6.45) is 8.89. The summed E-state index contributed by atoms with van der Waals surface area (Å²) >= 11 is 1.82. The maximum atomic E-state index is 4.67. The fourth-order valence-corrected chi connectivity index (χ4v) is 3.87. The molecule has 0 aromatic carbocycles. The molecular formula is C16H23N3S. The summed E-state index contributed by atoms with van der Waals surface area (Å²) in [5.41, 5.74) is 2.48. The number of nitrogens with one attached hydrogen (secondary N) is 1. The lowest BCUT2D eigenvalue weighted by atomic mass is 9.95. The number of imidazole rings is 1. The zero-order chi connectivity index (χ0) is 13.9. The summed E-state index contributed by atoms with van der Waals surface area (Å²) in [6.45, 7) is 5.14. The lowest BCUT2D eigenvalue weighted by Gasteiger charge is -2.24. The van der Waals surface area contributed by atoms with Gasteiger partial charge < -0.3 is 9.88 Å². The third-order valence-corrected chi connectivity index (χ3v) is 5.22. The standard InChI is InChI=1S/C16H23N3S/c1-12-8-9-20-15(12)10-17-16-18-13(2)11-19(16)14-6-4-3-5-7-14/h8-9,11,14H,3-7,10H2,1-2H3,(H,17,18). The van der Waals surface area contributed by atoms with Crippen LogP contribution in [0, 0.1) is 13.8 Å². The van der Waals surface area contributed by atoms with Gasteiger partial charge in [0, 0.05) is 17.1 Å². The van der Waals surface area contributed by atoms with Crippen LogP contribution in [0.25, 0.3) is 0 Å². The maximum Gasteiger partial charge on any atom is 0.203 e. The van der Waals surface area contributed by atoms with Gasteiger partial charge in [0.25, 0.3) is 0 Å². The molecular weight excluding hydrogens is 266 g/mol. The Bertz CT molecular complexity index is 564. The fourth-order valence-electron chi connectivity index (χ4n) is 3.03. The monoisotopic (exact) mass is 289 g/mol. The second-order valence-corrected chi connectivity index (χ2v) is 6.79. The van der Waals surface area contributed by atoms with Gasteiger partial charge in [0.15, 0.2) is 0 Å². The van der Waals surface area contributed by atoms with E-state index < -0.39 is 0 Å². The van der Waals surface area contributed by atoms with Gasteiger partial charge >= 0.3 is 0 Å². The van der Waals surface area contributed by atoms with E-state index in [0.717, 1.165) is 18.2 Å². The highest BCUT2D eigenvalue weighted by Crippen LogP contribution is 2.31. The minimum atomic E-state index is 0.636. The first kappa shape index (κ1) is 13.7. The van der Waals surface area contributed by atoms with Gasteiger partial charge in [0.1, 0.15) is 0 Å². The molecule has 2 aromatic rings. The van der Waals surface area contributed by atoms with Crippen molar-refractivity contribution in [2.75, 3.05) is 5.32 Å². The van der Waals surface area contributed by atoms with Crippen LogP contribution in [0.1, 0.15) is 54.3 Å². The van der Waals surface area contributed by atoms with Crippen molar-refractivity contribution in [2.24, 2.45) is 0 Å². The largest absolute Gasteiger partial charge is 0.351 e. The number of anilines is 1. The number of hydrogen-bond acceptors (Lipinski definition) is 3. The highest BCUT2D eigenvalue weighted by atomic mass is 32.1. The Kier molecular flexibility index (Phi) is 4.10. The molecule has 0 aliphatic heterocycles. The van der Waals surface area contributed by atoms with Gasteiger partial charge in [0.05, 0.1) is 12.2 Å². The summed E-state index contributed by atoms with van der Waals surface area (Å²) in [5, 5.41) is 5.69. The Morgan fingerprint density at radius 2 is 2.10 bits per heavy atom. The molecule has 4 heteroatoms. The molecule has 20 heavy (non-hydrogen) atoms. The summed E-state index contributed by atoms with van der Waals surface area (Å²) < 4.78 is 2.37. The molecule has 1 N–H and O–H groups in total. The van der Waals surface area contributed by atoms with Crippen LogP contribution in [-0.4, -0.2) is 9.55 Å². The predicted molar refractivity (Wildman–Crippen MR) is 85.5 cm³/mol. The molecule has 0 atom stereocenters. The van der Waals surface area contributed by atoms with E-state index in [4.69, 9.17) is 0 Å². The van der Waals surface area contributed by atoms with Gasteiger partial charge in [-0.05, 0) is 43.7 Å². The zero-order valence-electron chi connectivity index (χ0n) is 12.4.